The second-order valence-corrected chi connectivity index (χ2v) is 5.00. The van der Waals surface area contributed by atoms with Crippen LogP contribution >= 0.6 is 0 Å². The molecule has 0 bridgehead atoms. The van der Waals surface area contributed by atoms with Crippen molar-refractivity contribution in [3.63, 3.8) is 0 Å². The SMILES string of the molecule is CC1NC=C(COC2COC(C)(C)O2)C(=O)N1C. The van der Waals surface area contributed by atoms with Crippen molar-refractivity contribution >= 4 is 5.91 Å². The lowest BCUT2D eigenvalue weighted by atomic mass is 10.2. The van der Waals surface area contributed by atoms with Crippen molar-refractivity contribution in [3.05, 3.63) is 11.8 Å². The molecule has 0 radical (unpaired) electrons. The summed E-state index contributed by atoms with van der Waals surface area (Å²) in [6.07, 6.45) is 1.29. The van der Waals surface area contributed by atoms with E-state index in [9.17, 15) is 4.79 Å². The highest BCUT2D eigenvalue weighted by Gasteiger charge is 2.34. The van der Waals surface area contributed by atoms with Gasteiger partial charge in [-0.2, -0.15) is 0 Å². The Balaban J connectivity index is 1.86. The average Bonchev–Trinajstić information content (AvgIpc) is 2.65. The van der Waals surface area contributed by atoms with Crippen LogP contribution in [0.3, 0.4) is 0 Å². The molecule has 1 amide bonds. The highest BCUT2D eigenvalue weighted by atomic mass is 16.8. The van der Waals surface area contributed by atoms with Crippen molar-refractivity contribution in [3.8, 4) is 0 Å². The Bertz CT molecular complexity index is 367. The molecule has 2 aliphatic rings. The van der Waals surface area contributed by atoms with Crippen LogP contribution in [0.4, 0.5) is 0 Å². The molecule has 2 atom stereocenters. The van der Waals surface area contributed by atoms with E-state index in [2.05, 4.69) is 5.32 Å². The molecule has 18 heavy (non-hydrogen) atoms. The first-order valence-electron chi connectivity index (χ1n) is 6.05. The molecule has 6 heteroatoms. The fourth-order valence-corrected chi connectivity index (χ4v) is 1.82. The molecule has 1 N–H and O–H groups in total. The molecule has 2 unspecified atom stereocenters. The molecule has 6 nitrogen and oxygen atoms in total. The first-order valence-corrected chi connectivity index (χ1v) is 6.05. The van der Waals surface area contributed by atoms with Gasteiger partial charge in [-0.25, -0.2) is 0 Å². The zero-order valence-electron chi connectivity index (χ0n) is 11.2. The smallest absolute Gasteiger partial charge is 0.254 e. The molecule has 0 aromatic heterocycles. The quantitative estimate of drug-likeness (QED) is 0.792. The van der Waals surface area contributed by atoms with Crippen LogP contribution < -0.4 is 5.32 Å². The third kappa shape index (κ3) is 2.82. The predicted octanol–water partition coefficient (Wildman–Crippen LogP) is 0.403. The van der Waals surface area contributed by atoms with E-state index >= 15 is 0 Å². The number of carbonyl (C=O) groups excluding carboxylic acids is 1. The van der Waals surface area contributed by atoms with Crippen LogP contribution in [0.1, 0.15) is 20.8 Å². The second-order valence-electron chi connectivity index (χ2n) is 5.00. The zero-order chi connectivity index (χ0) is 13.3. The molecular weight excluding hydrogens is 236 g/mol. The molecule has 102 valence electrons. The van der Waals surface area contributed by atoms with Gasteiger partial charge in [0.25, 0.3) is 5.91 Å². The summed E-state index contributed by atoms with van der Waals surface area (Å²) in [5, 5.41) is 3.09. The summed E-state index contributed by atoms with van der Waals surface area (Å²) in [5.41, 5.74) is 0.587. The molecule has 0 aromatic rings. The normalized spacial score (nSPS) is 31.2. The lowest BCUT2D eigenvalue weighted by molar-refractivity contribution is -0.188. The predicted molar refractivity (Wildman–Crippen MR) is 64.3 cm³/mol. The van der Waals surface area contributed by atoms with Crippen LogP contribution in [0.2, 0.25) is 0 Å². The molecule has 2 aliphatic heterocycles. The summed E-state index contributed by atoms with van der Waals surface area (Å²) in [7, 11) is 1.76. The second kappa shape index (κ2) is 4.87. The minimum atomic E-state index is -0.612. The van der Waals surface area contributed by atoms with E-state index in [0.717, 1.165) is 0 Å². The average molecular weight is 256 g/mol. The van der Waals surface area contributed by atoms with Crippen molar-refractivity contribution in [1.29, 1.82) is 0 Å². The maximum atomic E-state index is 11.9. The highest BCUT2D eigenvalue weighted by Crippen LogP contribution is 2.23. The number of hydrogen-bond donors (Lipinski definition) is 1. The molecule has 0 spiro atoms. The number of likely N-dealkylation sites (N-methyl/N-ethyl adjacent to an activating group) is 1. The lowest BCUT2D eigenvalue weighted by Gasteiger charge is -2.30. The number of nitrogens with one attached hydrogen (secondary N) is 1. The fraction of sp³-hybridized carbons (Fsp3) is 0.750. The van der Waals surface area contributed by atoms with Gasteiger partial charge < -0.3 is 24.4 Å². The standard InChI is InChI=1S/C12H20N2O4/c1-8-13-5-9(11(15)14(8)4)6-16-10-7-17-12(2,3)18-10/h5,8,10,13H,6-7H2,1-4H3. The van der Waals surface area contributed by atoms with Crippen molar-refractivity contribution < 1.29 is 19.0 Å². The summed E-state index contributed by atoms with van der Waals surface area (Å²) in [6, 6.07) is 0. The molecule has 0 aromatic carbocycles. The fourth-order valence-electron chi connectivity index (χ4n) is 1.82. The van der Waals surface area contributed by atoms with Crippen LogP contribution in [0.25, 0.3) is 0 Å². The van der Waals surface area contributed by atoms with E-state index in [1.807, 2.05) is 20.8 Å². The van der Waals surface area contributed by atoms with Crippen molar-refractivity contribution in [1.82, 2.24) is 10.2 Å². The van der Waals surface area contributed by atoms with Gasteiger partial charge in [0, 0.05) is 13.2 Å². The minimum Gasteiger partial charge on any atom is -0.371 e. The number of carbonyl (C=O) groups is 1. The Morgan fingerprint density at radius 1 is 1.61 bits per heavy atom. The minimum absolute atomic E-state index is 0.00578. The van der Waals surface area contributed by atoms with Gasteiger partial charge in [-0.3, -0.25) is 4.79 Å². The van der Waals surface area contributed by atoms with Crippen LogP contribution in [-0.4, -0.2) is 49.3 Å². The third-order valence-corrected chi connectivity index (χ3v) is 3.08. The van der Waals surface area contributed by atoms with Gasteiger partial charge in [0.2, 0.25) is 0 Å². The summed E-state index contributed by atoms with van der Waals surface area (Å²) in [6.45, 7) is 6.18. The van der Waals surface area contributed by atoms with Gasteiger partial charge in [-0.1, -0.05) is 0 Å². The maximum Gasteiger partial charge on any atom is 0.254 e. The number of rotatable bonds is 3. The van der Waals surface area contributed by atoms with Crippen molar-refractivity contribution in [2.45, 2.75) is 39.0 Å². The molecular formula is C12H20N2O4. The van der Waals surface area contributed by atoms with E-state index in [0.29, 0.717) is 12.2 Å². The topological polar surface area (TPSA) is 60.0 Å². The van der Waals surface area contributed by atoms with E-state index in [1.54, 1.807) is 18.1 Å². The molecule has 1 saturated heterocycles. The van der Waals surface area contributed by atoms with Gasteiger partial charge in [0.1, 0.15) is 6.61 Å². The summed E-state index contributed by atoms with van der Waals surface area (Å²) >= 11 is 0. The lowest BCUT2D eigenvalue weighted by Crippen LogP contribution is -2.48. The summed E-state index contributed by atoms with van der Waals surface area (Å²) < 4.78 is 16.4. The van der Waals surface area contributed by atoms with Gasteiger partial charge in [0.05, 0.1) is 18.3 Å². The van der Waals surface area contributed by atoms with Gasteiger partial charge in [-0.05, 0) is 20.8 Å². The number of hydrogen-bond acceptors (Lipinski definition) is 5. The Hall–Kier alpha value is -1.11. The van der Waals surface area contributed by atoms with Crippen molar-refractivity contribution in [2.75, 3.05) is 20.3 Å². The van der Waals surface area contributed by atoms with Gasteiger partial charge in [-0.15, -0.1) is 0 Å². The summed E-state index contributed by atoms with van der Waals surface area (Å²) in [5.74, 6) is -0.640. The van der Waals surface area contributed by atoms with Crippen LogP contribution in [-0.2, 0) is 19.0 Å². The monoisotopic (exact) mass is 256 g/mol. The first-order chi connectivity index (χ1) is 8.39. The third-order valence-electron chi connectivity index (χ3n) is 3.08. The molecule has 0 aliphatic carbocycles. The van der Waals surface area contributed by atoms with Crippen LogP contribution in [0.5, 0.6) is 0 Å². The Labute approximate surface area is 107 Å². The van der Waals surface area contributed by atoms with E-state index in [-0.39, 0.29) is 18.7 Å². The van der Waals surface area contributed by atoms with E-state index in [4.69, 9.17) is 14.2 Å². The Morgan fingerprint density at radius 2 is 2.33 bits per heavy atom. The summed E-state index contributed by atoms with van der Waals surface area (Å²) in [4.78, 5) is 13.6. The van der Waals surface area contributed by atoms with E-state index < -0.39 is 12.1 Å². The number of ether oxygens (including phenoxy) is 3. The first kappa shape index (κ1) is 13.3. The zero-order valence-corrected chi connectivity index (χ0v) is 11.2. The number of amides is 1. The highest BCUT2D eigenvalue weighted by molar-refractivity contribution is 5.94. The molecule has 2 rings (SSSR count). The maximum absolute atomic E-state index is 11.9. The van der Waals surface area contributed by atoms with Gasteiger partial charge in [0.15, 0.2) is 12.1 Å². The van der Waals surface area contributed by atoms with Crippen LogP contribution in [0, 0.1) is 0 Å². The van der Waals surface area contributed by atoms with E-state index in [1.165, 1.54) is 0 Å². The van der Waals surface area contributed by atoms with Gasteiger partial charge >= 0.3 is 0 Å². The van der Waals surface area contributed by atoms with Crippen LogP contribution in [0.15, 0.2) is 11.8 Å². The molecule has 0 saturated carbocycles. The molecule has 1 fully saturated rings. The number of nitrogens with zero attached hydrogens (tertiary/aromatic N) is 1. The molecule has 2 heterocycles. The Morgan fingerprint density at radius 3 is 2.94 bits per heavy atom. The largest absolute Gasteiger partial charge is 0.371 e. The van der Waals surface area contributed by atoms with Crippen molar-refractivity contribution in [2.24, 2.45) is 0 Å². The Kier molecular flexibility index (Phi) is 3.61.